The van der Waals surface area contributed by atoms with Crippen LogP contribution in [0, 0.1) is 6.92 Å². The molecule has 0 saturated heterocycles. The third kappa shape index (κ3) is 4.18. The maximum absolute atomic E-state index is 13.1. The van der Waals surface area contributed by atoms with E-state index in [2.05, 4.69) is 3.63 Å². The normalized spacial score (nSPS) is 26.2. The second kappa shape index (κ2) is 8.03. The van der Waals surface area contributed by atoms with Gasteiger partial charge in [0.1, 0.15) is 10.1 Å². The average Bonchev–Trinajstić information content (AvgIpc) is 2.62. The van der Waals surface area contributed by atoms with Gasteiger partial charge in [-0.15, -0.1) is 8.42 Å². The van der Waals surface area contributed by atoms with Gasteiger partial charge in [0.15, 0.2) is 5.78 Å². The Morgan fingerprint density at radius 1 is 0.923 bits per heavy atom. The van der Waals surface area contributed by atoms with E-state index in [0.29, 0.717) is 6.42 Å². The SMILES string of the molecule is Cc1ccc(S(=O)(=O)[OH+]S(C)(C2CCCCC2)C2CCCCC2=O)cc1. The van der Waals surface area contributed by atoms with Crippen LogP contribution in [0.1, 0.15) is 63.4 Å². The smallest absolute Gasteiger partial charge is 0.298 e. The van der Waals surface area contributed by atoms with Crippen LogP contribution in [0.4, 0.5) is 0 Å². The Morgan fingerprint density at radius 3 is 2.15 bits per heavy atom. The molecule has 6 heteroatoms. The number of rotatable bonds is 5. The molecular weight excluding hydrogens is 368 g/mol. The number of benzene rings is 1. The first-order valence-corrected chi connectivity index (χ1v) is 13.2. The van der Waals surface area contributed by atoms with Gasteiger partial charge < -0.3 is 0 Å². The number of Topliss-reactive ketones (excluding diaryl/α,β-unsaturated/α-hetero) is 1. The number of carbonyl (C=O) groups is 1. The molecule has 0 aromatic heterocycles. The Morgan fingerprint density at radius 2 is 1.54 bits per heavy atom. The lowest BCUT2D eigenvalue weighted by molar-refractivity contribution is -0.119. The van der Waals surface area contributed by atoms with E-state index in [-0.39, 0.29) is 21.2 Å². The van der Waals surface area contributed by atoms with Gasteiger partial charge >= 0.3 is 10.1 Å². The molecule has 4 nitrogen and oxygen atoms in total. The van der Waals surface area contributed by atoms with E-state index in [9.17, 15) is 13.2 Å². The van der Waals surface area contributed by atoms with Gasteiger partial charge in [-0.3, -0.25) is 8.42 Å². The maximum atomic E-state index is 13.1. The van der Waals surface area contributed by atoms with Crippen molar-refractivity contribution in [3.63, 3.8) is 0 Å². The molecule has 2 atom stereocenters. The van der Waals surface area contributed by atoms with E-state index in [1.54, 1.807) is 24.3 Å². The first-order chi connectivity index (χ1) is 12.3. The lowest BCUT2D eigenvalue weighted by Gasteiger charge is -2.45. The van der Waals surface area contributed by atoms with Crippen LogP contribution >= 0.6 is 10.3 Å². The molecule has 1 aromatic rings. The van der Waals surface area contributed by atoms with Crippen LogP contribution in [-0.4, -0.2) is 34.6 Å². The molecule has 0 amide bonds. The van der Waals surface area contributed by atoms with Crippen LogP contribution in [0.15, 0.2) is 29.2 Å². The molecule has 146 valence electrons. The quantitative estimate of drug-likeness (QED) is 0.518. The zero-order chi connectivity index (χ0) is 18.8. The minimum Gasteiger partial charge on any atom is -0.298 e. The summed E-state index contributed by atoms with van der Waals surface area (Å²) in [4.78, 5) is 13.0. The van der Waals surface area contributed by atoms with Gasteiger partial charge in [0.05, 0.1) is 5.25 Å². The van der Waals surface area contributed by atoms with Crippen molar-refractivity contribution in [2.45, 2.75) is 80.1 Å². The molecule has 2 aliphatic carbocycles. The average molecular weight is 400 g/mol. The lowest BCUT2D eigenvalue weighted by atomic mass is 9.99. The summed E-state index contributed by atoms with van der Waals surface area (Å²) >= 11 is 0. The van der Waals surface area contributed by atoms with Crippen LogP contribution < -0.4 is 0 Å². The summed E-state index contributed by atoms with van der Waals surface area (Å²) in [5.41, 5.74) is 1.02. The van der Waals surface area contributed by atoms with Crippen LogP contribution in [0.3, 0.4) is 0 Å². The first-order valence-electron chi connectivity index (χ1n) is 9.67. The van der Waals surface area contributed by atoms with Gasteiger partial charge in [0, 0.05) is 12.7 Å². The summed E-state index contributed by atoms with van der Waals surface area (Å²) in [6.45, 7) is 1.94. The fraction of sp³-hybridized carbons (Fsp3) is 0.650. The van der Waals surface area contributed by atoms with Crippen LogP contribution in [0.25, 0.3) is 0 Å². The number of carbonyl (C=O) groups excluding carboxylic acids is 1. The van der Waals surface area contributed by atoms with E-state index in [1.807, 2.05) is 13.2 Å². The fourth-order valence-electron chi connectivity index (χ4n) is 4.31. The Bertz CT molecular complexity index is 736. The predicted molar refractivity (Wildman–Crippen MR) is 109 cm³/mol. The third-order valence-corrected chi connectivity index (χ3v) is 12.3. The molecule has 2 saturated carbocycles. The Kier molecular flexibility index (Phi) is 6.14. The number of aryl methyl sites for hydroxylation is 1. The molecule has 3 rings (SSSR count). The minimum absolute atomic E-state index is 0.181. The summed E-state index contributed by atoms with van der Waals surface area (Å²) in [6.07, 6.45) is 10.8. The van der Waals surface area contributed by atoms with E-state index in [4.69, 9.17) is 0 Å². The van der Waals surface area contributed by atoms with Crippen molar-refractivity contribution in [1.82, 2.24) is 0 Å². The molecule has 0 radical (unpaired) electrons. The molecule has 0 heterocycles. The summed E-state index contributed by atoms with van der Waals surface area (Å²) in [5, 5.41) is 0.0723. The lowest BCUT2D eigenvalue weighted by Crippen LogP contribution is -2.40. The summed E-state index contributed by atoms with van der Waals surface area (Å²) < 4.78 is 30.8. The second-order valence-corrected chi connectivity index (χ2v) is 13.1. The van der Waals surface area contributed by atoms with Gasteiger partial charge in [-0.1, -0.05) is 43.4 Å². The summed E-state index contributed by atoms with van der Waals surface area (Å²) in [5.74, 6) is 0.238. The summed E-state index contributed by atoms with van der Waals surface area (Å²) in [6, 6.07) is 6.89. The largest absolute Gasteiger partial charge is 0.421 e. The van der Waals surface area contributed by atoms with E-state index in [1.165, 1.54) is 6.42 Å². The summed E-state index contributed by atoms with van der Waals surface area (Å²) in [7, 11) is -5.67. The topological polar surface area (TPSA) is 64.0 Å². The molecule has 0 aliphatic heterocycles. The highest BCUT2D eigenvalue weighted by Gasteiger charge is 2.49. The minimum atomic E-state index is -3.75. The van der Waals surface area contributed by atoms with Gasteiger partial charge in [0.25, 0.3) is 0 Å². The number of hydrogen-bond acceptors (Lipinski definition) is 3. The molecule has 0 spiro atoms. The van der Waals surface area contributed by atoms with Crippen molar-refractivity contribution in [3.05, 3.63) is 29.8 Å². The molecular formula is C20H31O4S2+. The monoisotopic (exact) mass is 399 g/mol. The van der Waals surface area contributed by atoms with Crippen molar-refractivity contribution in [1.29, 1.82) is 0 Å². The maximum Gasteiger partial charge on any atom is 0.421 e. The van der Waals surface area contributed by atoms with Crippen molar-refractivity contribution in [2.75, 3.05) is 6.26 Å². The highest BCUT2D eigenvalue weighted by Crippen LogP contribution is 2.60. The highest BCUT2D eigenvalue weighted by molar-refractivity contribution is 8.33. The fourth-order valence-corrected chi connectivity index (χ4v) is 10.8. The van der Waals surface area contributed by atoms with Crippen molar-refractivity contribution >= 4 is 26.2 Å². The molecule has 2 aliphatic rings. The van der Waals surface area contributed by atoms with Crippen molar-refractivity contribution in [3.8, 4) is 0 Å². The first kappa shape index (κ1) is 19.9. The van der Waals surface area contributed by atoms with E-state index in [0.717, 1.165) is 50.5 Å². The second-order valence-electron chi connectivity index (χ2n) is 7.82. The van der Waals surface area contributed by atoms with E-state index >= 15 is 0 Å². The third-order valence-electron chi connectivity index (χ3n) is 5.88. The molecule has 26 heavy (non-hydrogen) atoms. The molecule has 1 N–H and O–H groups in total. The Labute approximate surface area is 159 Å². The van der Waals surface area contributed by atoms with Gasteiger partial charge in [-0.25, -0.2) is 0 Å². The molecule has 0 bridgehead atoms. The van der Waals surface area contributed by atoms with E-state index < -0.39 is 20.4 Å². The Balaban J connectivity index is 1.94. The highest BCUT2D eigenvalue weighted by atomic mass is 32.3. The zero-order valence-corrected chi connectivity index (χ0v) is 17.4. The van der Waals surface area contributed by atoms with Gasteiger partial charge in [0.2, 0.25) is 0 Å². The van der Waals surface area contributed by atoms with Crippen LogP contribution in [0.2, 0.25) is 0 Å². The number of ketones is 1. The van der Waals surface area contributed by atoms with Gasteiger partial charge in [-0.2, -0.15) is 0 Å². The van der Waals surface area contributed by atoms with Crippen LogP contribution in [-0.2, 0) is 14.9 Å². The van der Waals surface area contributed by atoms with Crippen molar-refractivity contribution < 1.29 is 16.8 Å². The van der Waals surface area contributed by atoms with Crippen LogP contribution in [0.5, 0.6) is 0 Å². The Hall–Kier alpha value is -0.850. The van der Waals surface area contributed by atoms with Crippen molar-refractivity contribution in [2.24, 2.45) is 0 Å². The zero-order valence-electron chi connectivity index (χ0n) is 15.8. The standard InChI is InChI=1S/C20H30O4S2/c1-16-12-14-18(15-13-16)26(22,23)24-25(2,17-8-4-3-5-9-17)20-11-7-6-10-19(20)21/h12-15,17,20H,3-11H2,1-2H3/p+1. The number of hydrogen-bond donors (Lipinski definition) is 0. The molecule has 2 fully saturated rings. The predicted octanol–water partition coefficient (Wildman–Crippen LogP) is 4.97. The molecule has 1 aromatic carbocycles. The van der Waals surface area contributed by atoms with Gasteiger partial charge in [-0.05, 0) is 55.0 Å². The molecule has 2 unspecified atom stereocenters.